The Morgan fingerprint density at radius 2 is 1.11 bits per heavy atom. The highest BCUT2D eigenvalue weighted by molar-refractivity contribution is 7.96. The van der Waals surface area contributed by atoms with E-state index < -0.39 is 7.26 Å². The molecule has 1 amide bonds. The van der Waals surface area contributed by atoms with Gasteiger partial charge in [0.15, 0.2) is 6.16 Å². The molecule has 3 aromatic rings. The second-order valence-corrected chi connectivity index (χ2v) is 10.5. The molecule has 4 rings (SSSR count). The topological polar surface area (TPSA) is 29.5 Å². The molecule has 142 valence electrons. The number of amides is 1. The summed E-state index contributed by atoms with van der Waals surface area (Å²) in [5.74, 6) is 0.216. The molecule has 0 aliphatic carbocycles. The van der Waals surface area contributed by atoms with E-state index in [1.54, 1.807) is 0 Å². The number of ether oxygens (including phenoxy) is 1. The van der Waals surface area contributed by atoms with Crippen LogP contribution in [0.4, 0.5) is 0 Å². The molecule has 4 heteroatoms. The molecule has 0 spiro atoms. The predicted octanol–water partition coefficient (Wildman–Crippen LogP) is 2.84. The van der Waals surface area contributed by atoms with Gasteiger partial charge in [0.25, 0.3) is 5.91 Å². The van der Waals surface area contributed by atoms with Crippen molar-refractivity contribution in [3.05, 3.63) is 91.0 Å². The minimum absolute atomic E-state index is 0.216. The van der Waals surface area contributed by atoms with Crippen LogP contribution in [0.1, 0.15) is 0 Å². The number of hydrogen-bond acceptors (Lipinski definition) is 2. The molecule has 3 aromatic carbocycles. The lowest BCUT2D eigenvalue weighted by atomic mass is 10.3. The summed E-state index contributed by atoms with van der Waals surface area (Å²) in [5, 5.41) is 3.73. The highest BCUT2D eigenvalue weighted by Gasteiger charge is 2.48. The fourth-order valence-electron chi connectivity index (χ4n) is 3.88. The van der Waals surface area contributed by atoms with Crippen LogP contribution < -0.4 is 15.9 Å². The summed E-state index contributed by atoms with van der Waals surface area (Å²) in [7, 11) is -2.11. The molecule has 1 aliphatic rings. The van der Waals surface area contributed by atoms with E-state index in [4.69, 9.17) is 4.74 Å². The number of benzene rings is 3. The van der Waals surface area contributed by atoms with Crippen molar-refractivity contribution in [3.63, 3.8) is 0 Å². The van der Waals surface area contributed by atoms with Gasteiger partial charge in [0, 0.05) is 13.1 Å². The lowest BCUT2D eigenvalue weighted by Crippen LogP contribution is -2.45. The maximum atomic E-state index is 13.4. The second-order valence-electron chi connectivity index (χ2n) is 6.97. The quantitative estimate of drug-likeness (QED) is 0.627. The van der Waals surface area contributed by atoms with Crippen LogP contribution in [-0.2, 0) is 9.53 Å². The zero-order valence-electron chi connectivity index (χ0n) is 15.9. The zero-order chi connectivity index (χ0) is 19.2. The van der Waals surface area contributed by atoms with Crippen LogP contribution in [-0.4, -0.2) is 43.3 Å². The fraction of sp³-hybridized carbons (Fsp3) is 0.208. The molecule has 0 N–H and O–H groups in total. The number of hydrogen-bond donors (Lipinski definition) is 0. The maximum absolute atomic E-state index is 13.4. The van der Waals surface area contributed by atoms with Crippen molar-refractivity contribution in [2.45, 2.75) is 0 Å². The summed E-state index contributed by atoms with van der Waals surface area (Å²) in [4.78, 5) is 15.4. The van der Waals surface area contributed by atoms with Crippen LogP contribution in [0.3, 0.4) is 0 Å². The maximum Gasteiger partial charge on any atom is 0.261 e. The number of rotatable bonds is 5. The number of nitrogens with zero attached hydrogens (tertiary/aromatic N) is 1. The summed E-state index contributed by atoms with van der Waals surface area (Å²) in [6.45, 7) is 2.60. The Labute approximate surface area is 167 Å². The van der Waals surface area contributed by atoms with Crippen LogP contribution in [0.15, 0.2) is 91.0 Å². The SMILES string of the molecule is O=C(C[P+](c1ccccc1)(c1ccccc1)c1ccccc1)N1CCOCC1. The van der Waals surface area contributed by atoms with Gasteiger partial charge < -0.3 is 9.64 Å². The zero-order valence-corrected chi connectivity index (χ0v) is 16.8. The van der Waals surface area contributed by atoms with E-state index in [1.165, 1.54) is 15.9 Å². The van der Waals surface area contributed by atoms with Gasteiger partial charge in [0.1, 0.15) is 23.2 Å². The molecule has 0 bridgehead atoms. The predicted molar refractivity (Wildman–Crippen MR) is 117 cm³/mol. The van der Waals surface area contributed by atoms with E-state index in [9.17, 15) is 4.79 Å². The Morgan fingerprint density at radius 1 is 0.714 bits per heavy atom. The Bertz CT molecular complexity index is 797. The number of carbonyl (C=O) groups excluding carboxylic acids is 1. The van der Waals surface area contributed by atoms with Crippen LogP contribution in [0.25, 0.3) is 0 Å². The summed E-state index contributed by atoms with van der Waals surface area (Å²) in [6.07, 6.45) is 0.505. The fourth-order valence-corrected chi connectivity index (χ4v) is 7.98. The Kier molecular flexibility index (Phi) is 5.85. The Morgan fingerprint density at radius 3 is 1.50 bits per heavy atom. The molecule has 1 aliphatic heterocycles. The monoisotopic (exact) mass is 390 g/mol. The average molecular weight is 390 g/mol. The third-order valence-electron chi connectivity index (χ3n) is 5.33. The molecular weight excluding hydrogens is 365 g/mol. The first-order valence-corrected chi connectivity index (χ1v) is 11.7. The van der Waals surface area contributed by atoms with Crippen LogP contribution in [0.2, 0.25) is 0 Å². The summed E-state index contributed by atoms with van der Waals surface area (Å²) < 4.78 is 5.45. The minimum Gasteiger partial charge on any atom is -0.378 e. The van der Waals surface area contributed by atoms with E-state index >= 15 is 0 Å². The molecule has 28 heavy (non-hydrogen) atoms. The molecule has 0 saturated carbocycles. The van der Waals surface area contributed by atoms with E-state index in [-0.39, 0.29) is 5.91 Å². The molecule has 1 heterocycles. The van der Waals surface area contributed by atoms with Crippen molar-refractivity contribution in [1.82, 2.24) is 4.90 Å². The molecule has 0 radical (unpaired) electrons. The number of carbonyl (C=O) groups is 1. The molecule has 0 unspecified atom stereocenters. The van der Waals surface area contributed by atoms with Crippen molar-refractivity contribution in [3.8, 4) is 0 Å². The van der Waals surface area contributed by atoms with E-state index in [2.05, 4.69) is 72.8 Å². The summed E-state index contributed by atoms with van der Waals surface area (Å²) >= 11 is 0. The molecule has 3 nitrogen and oxygen atoms in total. The van der Waals surface area contributed by atoms with Gasteiger partial charge in [-0.1, -0.05) is 54.6 Å². The molecule has 0 aromatic heterocycles. The minimum atomic E-state index is -2.11. The van der Waals surface area contributed by atoms with Gasteiger partial charge in [0.2, 0.25) is 0 Å². The molecule has 0 atom stereocenters. The van der Waals surface area contributed by atoms with Gasteiger partial charge in [-0.05, 0) is 36.4 Å². The second kappa shape index (κ2) is 8.68. The highest BCUT2D eigenvalue weighted by Crippen LogP contribution is 2.55. The van der Waals surface area contributed by atoms with Crippen molar-refractivity contribution >= 4 is 29.1 Å². The van der Waals surface area contributed by atoms with E-state index in [0.717, 1.165) is 0 Å². The number of morpholine rings is 1. The summed E-state index contributed by atoms with van der Waals surface area (Å²) in [6, 6.07) is 31.7. The van der Waals surface area contributed by atoms with Gasteiger partial charge in [-0.25, -0.2) is 0 Å². The van der Waals surface area contributed by atoms with E-state index in [1.807, 2.05) is 23.1 Å². The van der Waals surface area contributed by atoms with E-state index in [0.29, 0.717) is 32.5 Å². The molecule has 1 fully saturated rings. The normalized spacial score (nSPS) is 14.6. The van der Waals surface area contributed by atoms with Crippen molar-refractivity contribution in [1.29, 1.82) is 0 Å². The molecule has 1 saturated heterocycles. The lowest BCUT2D eigenvalue weighted by molar-refractivity contribution is -0.132. The lowest BCUT2D eigenvalue weighted by Gasteiger charge is -2.31. The van der Waals surface area contributed by atoms with Gasteiger partial charge in [-0.3, -0.25) is 4.79 Å². The van der Waals surface area contributed by atoms with Crippen molar-refractivity contribution < 1.29 is 9.53 Å². The third kappa shape index (κ3) is 3.73. The van der Waals surface area contributed by atoms with Gasteiger partial charge in [0.05, 0.1) is 13.2 Å². The first-order valence-electron chi connectivity index (χ1n) is 9.71. The van der Waals surface area contributed by atoms with Crippen LogP contribution in [0, 0.1) is 0 Å². The van der Waals surface area contributed by atoms with Crippen LogP contribution >= 0.6 is 7.26 Å². The Balaban J connectivity index is 1.87. The van der Waals surface area contributed by atoms with Gasteiger partial charge >= 0.3 is 0 Å². The first-order chi connectivity index (χ1) is 13.8. The average Bonchev–Trinajstić information content (AvgIpc) is 2.80. The van der Waals surface area contributed by atoms with Crippen molar-refractivity contribution in [2.75, 3.05) is 32.5 Å². The molecular formula is C24H25NO2P+. The Hall–Kier alpha value is -2.48. The van der Waals surface area contributed by atoms with Gasteiger partial charge in [-0.2, -0.15) is 0 Å². The summed E-state index contributed by atoms with van der Waals surface area (Å²) in [5.41, 5.74) is 0. The van der Waals surface area contributed by atoms with Crippen molar-refractivity contribution in [2.24, 2.45) is 0 Å². The third-order valence-corrected chi connectivity index (χ3v) is 9.61. The standard InChI is InChI=1S/C24H25NO2P/c26-24(25-16-18-27-19-17-25)20-28(21-10-4-1-5-11-21,22-12-6-2-7-13-22)23-14-8-3-9-15-23/h1-15H,16-20H2/q+1. The smallest absolute Gasteiger partial charge is 0.261 e. The highest BCUT2D eigenvalue weighted by atomic mass is 31.2. The first kappa shape index (κ1) is 18.9. The van der Waals surface area contributed by atoms with Gasteiger partial charge in [-0.15, -0.1) is 0 Å². The largest absolute Gasteiger partial charge is 0.378 e. The van der Waals surface area contributed by atoms with Crippen LogP contribution in [0.5, 0.6) is 0 Å².